The molecule has 1 aromatic heterocycles. The first-order chi connectivity index (χ1) is 8.56. The topological polar surface area (TPSA) is 89.2 Å². The van der Waals surface area contributed by atoms with E-state index in [2.05, 4.69) is 27.2 Å². The highest BCUT2D eigenvalue weighted by molar-refractivity contribution is 5.41. The van der Waals surface area contributed by atoms with Crippen LogP contribution in [0.25, 0.3) is 0 Å². The van der Waals surface area contributed by atoms with Gasteiger partial charge in [-0.1, -0.05) is 6.92 Å². The summed E-state index contributed by atoms with van der Waals surface area (Å²) in [7, 11) is 3.74. The van der Waals surface area contributed by atoms with Crippen LogP contribution in [0.4, 0.5) is 17.8 Å². The van der Waals surface area contributed by atoms with Crippen molar-refractivity contribution < 1.29 is 4.74 Å². The van der Waals surface area contributed by atoms with Crippen molar-refractivity contribution in [3.63, 3.8) is 0 Å². The van der Waals surface area contributed by atoms with E-state index < -0.39 is 0 Å². The van der Waals surface area contributed by atoms with Crippen LogP contribution in [0.5, 0.6) is 0 Å². The molecular formula is C11H20N6O. The zero-order valence-electron chi connectivity index (χ0n) is 11.1. The summed E-state index contributed by atoms with van der Waals surface area (Å²) in [4.78, 5) is 14.3. The summed E-state index contributed by atoms with van der Waals surface area (Å²) in [6.07, 6.45) is 0.948. The third-order valence-corrected chi connectivity index (χ3v) is 3.00. The Morgan fingerprint density at radius 1 is 1.33 bits per heavy atom. The summed E-state index contributed by atoms with van der Waals surface area (Å²) in [6.45, 7) is 3.68. The zero-order chi connectivity index (χ0) is 13.1. The summed E-state index contributed by atoms with van der Waals surface area (Å²) in [5, 5.41) is 3.32. The maximum atomic E-state index is 5.68. The van der Waals surface area contributed by atoms with Gasteiger partial charge in [-0.15, -0.1) is 0 Å². The van der Waals surface area contributed by atoms with Crippen LogP contribution in [0.15, 0.2) is 0 Å². The molecule has 1 fully saturated rings. The van der Waals surface area contributed by atoms with Crippen molar-refractivity contribution in [1.82, 2.24) is 15.0 Å². The third-order valence-electron chi connectivity index (χ3n) is 3.00. The molecule has 100 valence electrons. The molecule has 1 aliphatic heterocycles. The lowest BCUT2D eigenvalue weighted by molar-refractivity contribution is 0.0536. The molecule has 1 aromatic rings. The number of nitrogen functional groups attached to an aromatic ring is 1. The Morgan fingerprint density at radius 3 is 2.78 bits per heavy atom. The fourth-order valence-electron chi connectivity index (χ4n) is 1.91. The van der Waals surface area contributed by atoms with Crippen LogP contribution in [0.3, 0.4) is 0 Å². The van der Waals surface area contributed by atoms with E-state index in [1.807, 2.05) is 14.1 Å². The summed E-state index contributed by atoms with van der Waals surface area (Å²) < 4.78 is 5.41. The van der Waals surface area contributed by atoms with Crippen LogP contribution in [-0.4, -0.2) is 48.3 Å². The largest absolute Gasteiger partial charge is 0.381 e. The quantitative estimate of drug-likeness (QED) is 0.802. The molecule has 7 nitrogen and oxygen atoms in total. The average molecular weight is 252 g/mol. The number of aromatic nitrogens is 3. The Morgan fingerprint density at radius 2 is 2.11 bits per heavy atom. The van der Waals surface area contributed by atoms with Crippen molar-refractivity contribution in [2.75, 3.05) is 43.3 Å². The van der Waals surface area contributed by atoms with Gasteiger partial charge in [-0.2, -0.15) is 15.0 Å². The molecule has 0 radical (unpaired) electrons. The number of nitrogens with one attached hydrogen (secondary N) is 1. The molecule has 7 heteroatoms. The molecule has 2 heterocycles. The Bertz CT molecular complexity index is 411. The van der Waals surface area contributed by atoms with Gasteiger partial charge in [0.1, 0.15) is 0 Å². The van der Waals surface area contributed by atoms with Crippen LogP contribution in [0.2, 0.25) is 0 Å². The Balaban J connectivity index is 2.12. The Kier molecular flexibility index (Phi) is 3.81. The molecule has 18 heavy (non-hydrogen) atoms. The van der Waals surface area contributed by atoms with Gasteiger partial charge >= 0.3 is 0 Å². The summed E-state index contributed by atoms with van der Waals surface area (Å²) >= 11 is 0. The zero-order valence-corrected chi connectivity index (χ0v) is 11.1. The number of hydrogen-bond donors (Lipinski definition) is 2. The van der Waals surface area contributed by atoms with Gasteiger partial charge in [-0.05, 0) is 12.3 Å². The molecule has 0 bridgehead atoms. The second kappa shape index (κ2) is 5.34. The van der Waals surface area contributed by atoms with Gasteiger partial charge < -0.3 is 20.7 Å². The number of anilines is 3. The van der Waals surface area contributed by atoms with Crippen LogP contribution < -0.4 is 16.0 Å². The van der Waals surface area contributed by atoms with Gasteiger partial charge in [0.25, 0.3) is 0 Å². The molecule has 2 rings (SSSR count). The van der Waals surface area contributed by atoms with Gasteiger partial charge in [-0.3, -0.25) is 0 Å². The number of rotatable bonds is 3. The lowest BCUT2D eigenvalue weighted by Crippen LogP contribution is -2.36. The molecule has 3 N–H and O–H groups in total. The standard InChI is InChI=1S/C11H20N6O/c1-7-6-18-5-4-8(7)13-10-14-9(12)15-11(16-10)17(2)3/h7-8H,4-6H2,1-3H3,(H3,12,13,14,15,16). The smallest absolute Gasteiger partial charge is 0.231 e. The van der Waals surface area contributed by atoms with Crippen molar-refractivity contribution in [3.05, 3.63) is 0 Å². The number of hydrogen-bond acceptors (Lipinski definition) is 7. The first-order valence-corrected chi connectivity index (χ1v) is 6.09. The second-order valence-corrected chi connectivity index (χ2v) is 4.80. The first kappa shape index (κ1) is 12.8. The first-order valence-electron chi connectivity index (χ1n) is 6.09. The SMILES string of the molecule is CC1COCCC1Nc1nc(N)nc(N(C)C)n1. The van der Waals surface area contributed by atoms with Crippen molar-refractivity contribution in [3.8, 4) is 0 Å². The Labute approximate surface area is 107 Å². The normalized spacial score (nSPS) is 23.7. The fraction of sp³-hybridized carbons (Fsp3) is 0.727. The van der Waals surface area contributed by atoms with Gasteiger partial charge in [-0.25, -0.2) is 0 Å². The highest BCUT2D eigenvalue weighted by Crippen LogP contribution is 2.18. The second-order valence-electron chi connectivity index (χ2n) is 4.80. The molecule has 1 saturated heterocycles. The van der Waals surface area contributed by atoms with E-state index >= 15 is 0 Å². The minimum atomic E-state index is 0.232. The maximum absolute atomic E-state index is 5.68. The van der Waals surface area contributed by atoms with Gasteiger partial charge in [0, 0.05) is 26.7 Å². The lowest BCUT2D eigenvalue weighted by atomic mass is 9.98. The van der Waals surface area contributed by atoms with E-state index in [1.165, 1.54) is 0 Å². The van der Waals surface area contributed by atoms with E-state index in [-0.39, 0.29) is 5.95 Å². The predicted molar refractivity (Wildman–Crippen MR) is 70.6 cm³/mol. The van der Waals surface area contributed by atoms with Crippen molar-refractivity contribution in [1.29, 1.82) is 0 Å². The molecule has 0 amide bonds. The van der Waals surface area contributed by atoms with E-state index in [9.17, 15) is 0 Å². The summed E-state index contributed by atoms with van der Waals surface area (Å²) in [6, 6.07) is 0.315. The highest BCUT2D eigenvalue weighted by atomic mass is 16.5. The molecule has 0 aromatic carbocycles. The van der Waals surface area contributed by atoms with E-state index in [1.54, 1.807) is 4.90 Å². The van der Waals surface area contributed by atoms with Gasteiger partial charge in [0.05, 0.1) is 6.61 Å². The molecule has 0 spiro atoms. The number of ether oxygens (including phenoxy) is 1. The van der Waals surface area contributed by atoms with Crippen LogP contribution in [0, 0.1) is 5.92 Å². The highest BCUT2D eigenvalue weighted by Gasteiger charge is 2.22. The molecule has 0 saturated carbocycles. The van der Waals surface area contributed by atoms with E-state index in [0.717, 1.165) is 19.6 Å². The van der Waals surface area contributed by atoms with Crippen molar-refractivity contribution in [2.45, 2.75) is 19.4 Å². The lowest BCUT2D eigenvalue weighted by Gasteiger charge is -2.29. The molecule has 0 aliphatic carbocycles. The van der Waals surface area contributed by atoms with Crippen LogP contribution in [-0.2, 0) is 4.74 Å². The molecule has 2 unspecified atom stereocenters. The summed E-state index contributed by atoms with van der Waals surface area (Å²) in [5.41, 5.74) is 5.68. The van der Waals surface area contributed by atoms with Gasteiger partial charge in [0.15, 0.2) is 0 Å². The van der Waals surface area contributed by atoms with Crippen LogP contribution >= 0.6 is 0 Å². The molecular weight excluding hydrogens is 232 g/mol. The third kappa shape index (κ3) is 2.98. The molecule has 2 atom stereocenters. The van der Waals surface area contributed by atoms with Gasteiger partial charge in [0.2, 0.25) is 17.8 Å². The van der Waals surface area contributed by atoms with Crippen LogP contribution in [0.1, 0.15) is 13.3 Å². The minimum absolute atomic E-state index is 0.232. The van der Waals surface area contributed by atoms with E-state index in [4.69, 9.17) is 10.5 Å². The molecule has 1 aliphatic rings. The fourth-order valence-corrected chi connectivity index (χ4v) is 1.91. The average Bonchev–Trinajstić information content (AvgIpc) is 2.31. The van der Waals surface area contributed by atoms with E-state index in [0.29, 0.717) is 23.9 Å². The number of nitrogens with two attached hydrogens (primary N) is 1. The maximum Gasteiger partial charge on any atom is 0.231 e. The minimum Gasteiger partial charge on any atom is -0.381 e. The predicted octanol–water partition coefficient (Wildman–Crippen LogP) is 0.357. The monoisotopic (exact) mass is 252 g/mol. The summed E-state index contributed by atoms with van der Waals surface area (Å²) in [5.74, 6) is 1.75. The van der Waals surface area contributed by atoms with Crippen molar-refractivity contribution >= 4 is 17.8 Å². The number of nitrogens with zero attached hydrogens (tertiary/aromatic N) is 4. The van der Waals surface area contributed by atoms with Crippen molar-refractivity contribution in [2.24, 2.45) is 5.92 Å². The Hall–Kier alpha value is -1.63.